The van der Waals surface area contributed by atoms with E-state index in [0.717, 1.165) is 16.7 Å². The van der Waals surface area contributed by atoms with Crippen LogP contribution in [0.25, 0.3) is 0 Å². The molecular formula is C10H10BrNOS. The summed E-state index contributed by atoms with van der Waals surface area (Å²) in [6.45, 7) is 0. The monoisotopic (exact) mass is 271 g/mol. The van der Waals surface area contributed by atoms with E-state index in [4.69, 9.17) is 10.2 Å². The molecule has 0 aromatic carbocycles. The van der Waals surface area contributed by atoms with E-state index in [0.29, 0.717) is 0 Å². The SMILES string of the molecule is NC(Cc1cccs1)c1ccoc1Br. The number of hydrogen-bond donors (Lipinski definition) is 1. The molecule has 0 aliphatic heterocycles. The second-order valence-electron chi connectivity index (χ2n) is 3.04. The second kappa shape index (κ2) is 4.29. The summed E-state index contributed by atoms with van der Waals surface area (Å²) >= 11 is 5.06. The van der Waals surface area contributed by atoms with Crippen LogP contribution in [0.5, 0.6) is 0 Å². The molecule has 0 bridgehead atoms. The van der Waals surface area contributed by atoms with Gasteiger partial charge in [-0.2, -0.15) is 0 Å². The zero-order chi connectivity index (χ0) is 9.97. The summed E-state index contributed by atoms with van der Waals surface area (Å²) in [5.41, 5.74) is 7.07. The average molecular weight is 272 g/mol. The fraction of sp³-hybridized carbons (Fsp3) is 0.200. The largest absolute Gasteiger partial charge is 0.457 e. The maximum absolute atomic E-state index is 6.05. The molecular weight excluding hydrogens is 262 g/mol. The van der Waals surface area contributed by atoms with Gasteiger partial charge in [0.2, 0.25) is 0 Å². The molecule has 0 radical (unpaired) electrons. The van der Waals surface area contributed by atoms with E-state index in [1.54, 1.807) is 17.6 Å². The van der Waals surface area contributed by atoms with E-state index in [1.807, 2.05) is 12.1 Å². The summed E-state index contributed by atoms with van der Waals surface area (Å²) in [5, 5.41) is 2.06. The van der Waals surface area contributed by atoms with Crippen LogP contribution in [0.2, 0.25) is 0 Å². The van der Waals surface area contributed by atoms with Crippen LogP contribution in [0.1, 0.15) is 16.5 Å². The van der Waals surface area contributed by atoms with Crippen LogP contribution < -0.4 is 5.73 Å². The predicted octanol–water partition coefficient (Wildman–Crippen LogP) is 3.35. The molecule has 2 rings (SSSR count). The van der Waals surface area contributed by atoms with Gasteiger partial charge < -0.3 is 10.2 Å². The minimum absolute atomic E-state index is 0.00164. The molecule has 1 unspecified atom stereocenters. The first kappa shape index (κ1) is 9.96. The smallest absolute Gasteiger partial charge is 0.173 e. The number of nitrogens with two attached hydrogens (primary N) is 1. The Labute approximate surface area is 94.9 Å². The molecule has 0 fully saturated rings. The fourth-order valence-electron chi connectivity index (χ4n) is 1.33. The van der Waals surface area contributed by atoms with Gasteiger partial charge in [-0.1, -0.05) is 6.07 Å². The van der Waals surface area contributed by atoms with Gasteiger partial charge in [0.25, 0.3) is 0 Å². The summed E-state index contributed by atoms with van der Waals surface area (Å²) in [6.07, 6.45) is 2.50. The minimum atomic E-state index is 0.00164. The molecule has 2 aromatic rings. The summed E-state index contributed by atoms with van der Waals surface area (Å²) in [6, 6.07) is 6.04. The van der Waals surface area contributed by atoms with Crippen LogP contribution in [0, 0.1) is 0 Å². The molecule has 2 aromatic heterocycles. The van der Waals surface area contributed by atoms with E-state index in [-0.39, 0.29) is 6.04 Å². The van der Waals surface area contributed by atoms with E-state index in [1.165, 1.54) is 4.88 Å². The molecule has 74 valence electrons. The lowest BCUT2D eigenvalue weighted by molar-refractivity contribution is 0.531. The Morgan fingerprint density at radius 2 is 2.36 bits per heavy atom. The number of rotatable bonds is 3. The maximum Gasteiger partial charge on any atom is 0.173 e. The van der Waals surface area contributed by atoms with Crippen LogP contribution in [-0.2, 0) is 6.42 Å². The van der Waals surface area contributed by atoms with Crippen molar-refractivity contribution in [2.75, 3.05) is 0 Å². The van der Waals surface area contributed by atoms with Gasteiger partial charge in [0.05, 0.1) is 6.26 Å². The fourth-order valence-corrected chi connectivity index (χ4v) is 2.62. The molecule has 0 saturated carbocycles. The molecule has 0 aliphatic rings. The Hall–Kier alpha value is -0.580. The third-order valence-electron chi connectivity index (χ3n) is 2.05. The molecule has 1 atom stereocenters. The molecule has 4 heteroatoms. The van der Waals surface area contributed by atoms with E-state index in [2.05, 4.69) is 27.4 Å². The highest BCUT2D eigenvalue weighted by Crippen LogP contribution is 2.26. The molecule has 0 saturated heterocycles. The standard InChI is InChI=1S/C10H10BrNOS/c11-10-8(3-4-13-10)9(12)6-7-2-1-5-14-7/h1-5,9H,6,12H2. The molecule has 2 N–H and O–H groups in total. The van der Waals surface area contributed by atoms with Gasteiger partial charge >= 0.3 is 0 Å². The van der Waals surface area contributed by atoms with Gasteiger partial charge in [-0.3, -0.25) is 0 Å². The minimum Gasteiger partial charge on any atom is -0.457 e. The number of halogens is 1. The third kappa shape index (κ3) is 2.08. The highest BCUT2D eigenvalue weighted by Gasteiger charge is 2.13. The molecule has 2 nitrogen and oxygen atoms in total. The van der Waals surface area contributed by atoms with Gasteiger partial charge in [0, 0.05) is 22.9 Å². The molecule has 2 heterocycles. The Kier molecular flexibility index (Phi) is 3.05. The first-order chi connectivity index (χ1) is 6.77. The van der Waals surface area contributed by atoms with Gasteiger partial charge in [-0.05, 0) is 33.4 Å². The van der Waals surface area contributed by atoms with Gasteiger partial charge in [-0.25, -0.2) is 0 Å². The Balaban J connectivity index is 2.10. The number of hydrogen-bond acceptors (Lipinski definition) is 3. The topological polar surface area (TPSA) is 39.2 Å². The number of thiophene rings is 1. The highest BCUT2D eigenvalue weighted by atomic mass is 79.9. The highest BCUT2D eigenvalue weighted by molar-refractivity contribution is 9.10. The van der Waals surface area contributed by atoms with Crippen molar-refractivity contribution < 1.29 is 4.42 Å². The normalized spacial score (nSPS) is 13.0. The van der Waals surface area contributed by atoms with Gasteiger partial charge in [0.1, 0.15) is 0 Å². The van der Waals surface area contributed by atoms with Crippen molar-refractivity contribution in [3.8, 4) is 0 Å². The lowest BCUT2D eigenvalue weighted by Crippen LogP contribution is -2.12. The van der Waals surface area contributed by atoms with Crippen molar-refractivity contribution in [2.45, 2.75) is 12.5 Å². The van der Waals surface area contributed by atoms with E-state index < -0.39 is 0 Å². The second-order valence-corrected chi connectivity index (χ2v) is 4.79. The van der Waals surface area contributed by atoms with Crippen molar-refractivity contribution >= 4 is 27.3 Å². The van der Waals surface area contributed by atoms with Crippen molar-refractivity contribution in [3.63, 3.8) is 0 Å². The maximum atomic E-state index is 6.05. The molecule has 0 aliphatic carbocycles. The van der Waals surface area contributed by atoms with Crippen LogP contribution in [0.4, 0.5) is 0 Å². The molecule has 0 amide bonds. The summed E-state index contributed by atoms with van der Waals surface area (Å²) < 4.78 is 5.88. The van der Waals surface area contributed by atoms with Crippen molar-refractivity contribution in [1.82, 2.24) is 0 Å². The Morgan fingerprint density at radius 3 is 2.93 bits per heavy atom. The predicted molar refractivity (Wildman–Crippen MR) is 61.4 cm³/mol. The zero-order valence-corrected chi connectivity index (χ0v) is 9.85. The average Bonchev–Trinajstić information content (AvgIpc) is 2.75. The first-order valence-corrected chi connectivity index (χ1v) is 5.95. The zero-order valence-electron chi connectivity index (χ0n) is 7.44. The molecule has 14 heavy (non-hydrogen) atoms. The van der Waals surface area contributed by atoms with Crippen molar-refractivity contribution in [2.24, 2.45) is 5.73 Å². The van der Waals surface area contributed by atoms with Crippen LogP contribution in [-0.4, -0.2) is 0 Å². The summed E-state index contributed by atoms with van der Waals surface area (Å²) in [5.74, 6) is 0. The van der Waals surface area contributed by atoms with E-state index in [9.17, 15) is 0 Å². The third-order valence-corrected chi connectivity index (χ3v) is 3.59. The van der Waals surface area contributed by atoms with Crippen molar-refractivity contribution in [1.29, 1.82) is 0 Å². The van der Waals surface area contributed by atoms with Gasteiger partial charge in [0.15, 0.2) is 4.67 Å². The lowest BCUT2D eigenvalue weighted by Gasteiger charge is -2.07. The quantitative estimate of drug-likeness (QED) is 0.930. The van der Waals surface area contributed by atoms with Crippen LogP contribution in [0.3, 0.4) is 0 Å². The van der Waals surface area contributed by atoms with Crippen LogP contribution in [0.15, 0.2) is 38.9 Å². The Bertz CT molecular complexity index is 396. The summed E-state index contributed by atoms with van der Waals surface area (Å²) in [7, 11) is 0. The number of furan rings is 1. The lowest BCUT2D eigenvalue weighted by atomic mass is 10.1. The van der Waals surface area contributed by atoms with Crippen molar-refractivity contribution in [3.05, 3.63) is 45.0 Å². The van der Waals surface area contributed by atoms with Gasteiger partial charge in [-0.15, -0.1) is 11.3 Å². The summed E-state index contributed by atoms with van der Waals surface area (Å²) in [4.78, 5) is 1.30. The molecule has 0 spiro atoms. The van der Waals surface area contributed by atoms with E-state index >= 15 is 0 Å². The Morgan fingerprint density at radius 1 is 1.50 bits per heavy atom. The van der Waals surface area contributed by atoms with Crippen LogP contribution >= 0.6 is 27.3 Å². The first-order valence-electron chi connectivity index (χ1n) is 4.28.